The smallest absolute Gasteiger partial charge is 0.239 e. The molecule has 1 rings (SSSR count). The summed E-state index contributed by atoms with van der Waals surface area (Å²) in [6.45, 7) is 5.41. The van der Waals surface area contributed by atoms with Crippen molar-refractivity contribution in [1.82, 2.24) is 15.3 Å². The van der Waals surface area contributed by atoms with E-state index < -0.39 is 0 Å². The molecule has 106 valence electrons. The van der Waals surface area contributed by atoms with Crippen LogP contribution in [0.25, 0.3) is 0 Å². The third-order valence-electron chi connectivity index (χ3n) is 2.44. The van der Waals surface area contributed by atoms with Gasteiger partial charge in [-0.2, -0.15) is 0 Å². The first-order valence-corrected chi connectivity index (χ1v) is 7.28. The summed E-state index contributed by atoms with van der Waals surface area (Å²) in [5.41, 5.74) is 2.51. The predicted molar refractivity (Wildman–Crippen MR) is 78.2 cm³/mol. The van der Waals surface area contributed by atoms with Crippen LogP contribution in [0, 0.1) is 0 Å². The van der Waals surface area contributed by atoms with Crippen LogP contribution in [-0.2, 0) is 4.79 Å². The molecule has 1 amide bonds. The second-order valence-electron chi connectivity index (χ2n) is 3.71. The maximum atomic E-state index is 11.7. The molecule has 0 radical (unpaired) electrons. The van der Waals surface area contributed by atoms with Crippen molar-refractivity contribution in [2.75, 3.05) is 36.2 Å². The molecule has 0 aromatic carbocycles. The fourth-order valence-corrected chi connectivity index (χ4v) is 1.90. The van der Waals surface area contributed by atoms with E-state index in [1.165, 1.54) is 11.8 Å². The number of aromatic nitrogens is 2. The van der Waals surface area contributed by atoms with Gasteiger partial charge >= 0.3 is 0 Å². The standard InChI is InChI=1S/C11H20N6OS/c1-4-13-10(18)7-17(5-2)9-6-8(16-12)14-11(15-9)19-3/h6H,4-5,7,12H2,1-3H3,(H,13,18)(H,14,15,16). The highest BCUT2D eigenvalue weighted by Crippen LogP contribution is 2.19. The molecule has 1 aromatic rings. The summed E-state index contributed by atoms with van der Waals surface area (Å²) in [6.07, 6.45) is 1.89. The monoisotopic (exact) mass is 284 g/mol. The number of likely N-dealkylation sites (N-methyl/N-ethyl adjacent to an activating group) is 2. The summed E-state index contributed by atoms with van der Waals surface area (Å²) in [6, 6.07) is 1.72. The lowest BCUT2D eigenvalue weighted by atomic mass is 10.4. The average molecular weight is 284 g/mol. The molecule has 8 heteroatoms. The third kappa shape index (κ3) is 4.56. The number of hydrazine groups is 1. The Morgan fingerprint density at radius 1 is 1.47 bits per heavy atom. The second-order valence-corrected chi connectivity index (χ2v) is 4.48. The van der Waals surface area contributed by atoms with Gasteiger partial charge in [0.1, 0.15) is 11.6 Å². The first kappa shape index (κ1) is 15.5. The minimum absolute atomic E-state index is 0.0316. The van der Waals surface area contributed by atoms with E-state index in [4.69, 9.17) is 5.84 Å². The van der Waals surface area contributed by atoms with Crippen molar-refractivity contribution in [1.29, 1.82) is 0 Å². The van der Waals surface area contributed by atoms with Gasteiger partial charge in [-0.1, -0.05) is 11.8 Å². The van der Waals surface area contributed by atoms with Crippen molar-refractivity contribution >= 4 is 29.3 Å². The van der Waals surface area contributed by atoms with E-state index in [1.54, 1.807) is 6.07 Å². The van der Waals surface area contributed by atoms with Crippen LogP contribution in [0.5, 0.6) is 0 Å². The van der Waals surface area contributed by atoms with Crippen molar-refractivity contribution in [3.05, 3.63) is 6.07 Å². The number of amides is 1. The average Bonchev–Trinajstić information content (AvgIpc) is 2.44. The van der Waals surface area contributed by atoms with Crippen LogP contribution in [0.3, 0.4) is 0 Å². The lowest BCUT2D eigenvalue weighted by molar-refractivity contribution is -0.119. The first-order valence-electron chi connectivity index (χ1n) is 6.05. The quantitative estimate of drug-likeness (QED) is 0.289. The van der Waals surface area contributed by atoms with Crippen LogP contribution in [0.15, 0.2) is 11.2 Å². The molecule has 0 fully saturated rings. The van der Waals surface area contributed by atoms with Crippen molar-refractivity contribution in [2.24, 2.45) is 5.84 Å². The van der Waals surface area contributed by atoms with Crippen molar-refractivity contribution in [2.45, 2.75) is 19.0 Å². The molecule has 0 atom stereocenters. The van der Waals surface area contributed by atoms with Crippen LogP contribution < -0.4 is 21.5 Å². The lowest BCUT2D eigenvalue weighted by Crippen LogP contribution is -2.37. The number of hydrogen-bond acceptors (Lipinski definition) is 7. The van der Waals surface area contributed by atoms with Crippen molar-refractivity contribution < 1.29 is 4.79 Å². The van der Waals surface area contributed by atoms with Gasteiger partial charge in [0.2, 0.25) is 5.91 Å². The number of nitrogens with two attached hydrogens (primary N) is 1. The number of carbonyl (C=O) groups excluding carboxylic acids is 1. The largest absolute Gasteiger partial charge is 0.355 e. The maximum absolute atomic E-state index is 11.7. The Labute approximate surface area is 117 Å². The minimum atomic E-state index is -0.0316. The molecule has 1 aromatic heterocycles. The molecule has 0 saturated heterocycles. The molecule has 4 N–H and O–H groups in total. The van der Waals surface area contributed by atoms with Crippen molar-refractivity contribution in [3.63, 3.8) is 0 Å². The Kier molecular flexibility index (Phi) is 6.37. The van der Waals surface area contributed by atoms with Crippen molar-refractivity contribution in [3.8, 4) is 0 Å². The van der Waals surface area contributed by atoms with E-state index in [0.717, 1.165) is 0 Å². The number of thioether (sulfide) groups is 1. The number of rotatable bonds is 7. The van der Waals surface area contributed by atoms with E-state index in [1.807, 2.05) is 25.0 Å². The fraction of sp³-hybridized carbons (Fsp3) is 0.545. The van der Waals surface area contributed by atoms with E-state index in [-0.39, 0.29) is 12.5 Å². The van der Waals surface area contributed by atoms with Gasteiger partial charge in [0.25, 0.3) is 0 Å². The molecule has 7 nitrogen and oxygen atoms in total. The summed E-state index contributed by atoms with van der Waals surface area (Å²) in [5, 5.41) is 3.38. The number of nitrogens with one attached hydrogen (secondary N) is 2. The van der Waals surface area contributed by atoms with E-state index in [2.05, 4.69) is 20.7 Å². The highest BCUT2D eigenvalue weighted by Gasteiger charge is 2.13. The number of hydrogen-bond donors (Lipinski definition) is 3. The number of nitrogen functional groups attached to an aromatic ring is 1. The SMILES string of the molecule is CCNC(=O)CN(CC)c1cc(NN)nc(SC)n1. The normalized spacial score (nSPS) is 10.1. The summed E-state index contributed by atoms with van der Waals surface area (Å²) < 4.78 is 0. The summed E-state index contributed by atoms with van der Waals surface area (Å²) in [5.74, 6) is 6.57. The third-order valence-corrected chi connectivity index (χ3v) is 2.98. The molecule has 0 aliphatic rings. The van der Waals surface area contributed by atoms with Crippen LogP contribution in [0.1, 0.15) is 13.8 Å². The van der Waals surface area contributed by atoms with E-state index >= 15 is 0 Å². The van der Waals surface area contributed by atoms with Gasteiger partial charge < -0.3 is 15.6 Å². The van der Waals surface area contributed by atoms with Crippen LogP contribution in [0.4, 0.5) is 11.6 Å². The Morgan fingerprint density at radius 3 is 2.74 bits per heavy atom. The highest BCUT2D eigenvalue weighted by molar-refractivity contribution is 7.98. The van der Waals surface area contributed by atoms with Gasteiger partial charge in [0.15, 0.2) is 5.16 Å². The molecule has 0 aliphatic heterocycles. The number of nitrogens with zero attached hydrogens (tertiary/aromatic N) is 3. The molecule has 0 aliphatic carbocycles. The lowest BCUT2D eigenvalue weighted by Gasteiger charge is -2.22. The summed E-state index contributed by atoms with van der Waals surface area (Å²) in [7, 11) is 0. The molecule has 1 heterocycles. The van der Waals surface area contributed by atoms with Gasteiger partial charge in [0, 0.05) is 19.2 Å². The van der Waals surface area contributed by atoms with Crippen LogP contribution in [-0.4, -0.2) is 41.8 Å². The first-order chi connectivity index (χ1) is 9.14. The fourth-order valence-electron chi connectivity index (χ4n) is 1.52. The molecule has 0 bridgehead atoms. The minimum Gasteiger partial charge on any atom is -0.355 e. The summed E-state index contributed by atoms with van der Waals surface area (Å²) in [4.78, 5) is 22.1. The second kappa shape index (κ2) is 7.80. The predicted octanol–water partition coefficient (Wildman–Crippen LogP) is 0.447. The number of anilines is 2. The summed E-state index contributed by atoms with van der Waals surface area (Å²) >= 11 is 1.42. The zero-order valence-electron chi connectivity index (χ0n) is 11.4. The molecule has 0 unspecified atom stereocenters. The van der Waals surface area contributed by atoms with Gasteiger partial charge in [-0.3, -0.25) is 4.79 Å². The van der Waals surface area contributed by atoms with Gasteiger partial charge in [-0.25, -0.2) is 15.8 Å². The zero-order valence-corrected chi connectivity index (χ0v) is 12.3. The Bertz CT molecular complexity index is 405. The van der Waals surface area contributed by atoms with E-state index in [0.29, 0.717) is 29.9 Å². The molecule has 0 saturated carbocycles. The maximum Gasteiger partial charge on any atom is 0.239 e. The molecule has 0 spiro atoms. The molecular formula is C11H20N6OS. The topological polar surface area (TPSA) is 96.2 Å². The molecule has 19 heavy (non-hydrogen) atoms. The van der Waals surface area contributed by atoms with Gasteiger partial charge in [-0.15, -0.1) is 0 Å². The van der Waals surface area contributed by atoms with Gasteiger partial charge in [-0.05, 0) is 20.1 Å². The van der Waals surface area contributed by atoms with Gasteiger partial charge in [0.05, 0.1) is 6.54 Å². The van der Waals surface area contributed by atoms with Crippen LogP contribution >= 0.6 is 11.8 Å². The zero-order chi connectivity index (χ0) is 14.3. The Morgan fingerprint density at radius 2 is 2.21 bits per heavy atom. The Balaban J connectivity index is 2.93. The van der Waals surface area contributed by atoms with Crippen LogP contribution in [0.2, 0.25) is 0 Å². The Hall–Kier alpha value is -1.54. The molecular weight excluding hydrogens is 264 g/mol. The highest BCUT2D eigenvalue weighted by atomic mass is 32.2. The van der Waals surface area contributed by atoms with E-state index in [9.17, 15) is 4.79 Å². The number of carbonyl (C=O) groups is 1.